The molecule has 5 heteroatoms. The van der Waals surface area contributed by atoms with E-state index in [0.29, 0.717) is 32.1 Å². The Morgan fingerprint density at radius 1 is 1.21 bits per heavy atom. The van der Waals surface area contributed by atoms with E-state index in [1.54, 1.807) is 0 Å². The van der Waals surface area contributed by atoms with Gasteiger partial charge in [0, 0.05) is 25.2 Å². The molecule has 0 saturated carbocycles. The number of carbonyl (C=O) groups excluding carboxylic acids is 2. The van der Waals surface area contributed by atoms with Crippen molar-refractivity contribution >= 4 is 17.5 Å². The largest absolute Gasteiger partial charge is 0.371 e. The molecule has 0 radical (unpaired) electrons. The average Bonchev–Trinajstić information content (AvgIpc) is 2.56. The number of anilines is 1. The molecule has 2 fully saturated rings. The van der Waals surface area contributed by atoms with Gasteiger partial charge in [-0.1, -0.05) is 25.5 Å². The van der Waals surface area contributed by atoms with Crippen LogP contribution in [0.1, 0.15) is 56.9 Å². The van der Waals surface area contributed by atoms with Gasteiger partial charge in [0.15, 0.2) is 0 Å². The summed E-state index contributed by atoms with van der Waals surface area (Å²) in [6.07, 6.45) is 3.65. The molecular weight excluding hydrogens is 307 g/mol. The van der Waals surface area contributed by atoms with Crippen molar-refractivity contribution in [3.63, 3.8) is 0 Å². The van der Waals surface area contributed by atoms with Crippen LogP contribution in [0.2, 0.25) is 0 Å². The van der Waals surface area contributed by atoms with Crippen molar-refractivity contribution in [1.29, 1.82) is 0 Å². The molecule has 1 atom stereocenters. The molecule has 4 nitrogen and oxygen atoms in total. The van der Waals surface area contributed by atoms with Crippen LogP contribution in [0, 0.1) is 0 Å². The third-order valence-electron chi connectivity index (χ3n) is 5.26. The standard InChI is InChI=1S/C19H25FN2O2/c1-2-9-19(20)10-12-22(13-11-19)15-5-3-14(4-6-15)16-7-8-17(23)21-18(16)24/h3-6,16H,2,7-13H2,1H3,(H,21,23,24). The molecule has 2 saturated heterocycles. The van der Waals surface area contributed by atoms with Gasteiger partial charge in [0.2, 0.25) is 11.8 Å². The summed E-state index contributed by atoms with van der Waals surface area (Å²) in [5.41, 5.74) is 1.01. The minimum Gasteiger partial charge on any atom is -0.371 e. The predicted molar refractivity (Wildman–Crippen MR) is 91.8 cm³/mol. The van der Waals surface area contributed by atoms with Crippen LogP contribution >= 0.6 is 0 Å². The van der Waals surface area contributed by atoms with E-state index >= 15 is 0 Å². The van der Waals surface area contributed by atoms with Crippen LogP contribution < -0.4 is 10.2 Å². The van der Waals surface area contributed by atoms with Crippen molar-refractivity contribution in [3.05, 3.63) is 29.8 Å². The zero-order valence-electron chi connectivity index (χ0n) is 14.2. The van der Waals surface area contributed by atoms with Crippen LogP contribution in [0.3, 0.4) is 0 Å². The zero-order valence-corrected chi connectivity index (χ0v) is 14.2. The van der Waals surface area contributed by atoms with Gasteiger partial charge >= 0.3 is 0 Å². The summed E-state index contributed by atoms with van der Waals surface area (Å²) in [5, 5.41) is 2.40. The lowest BCUT2D eigenvalue weighted by Crippen LogP contribution is -2.41. The van der Waals surface area contributed by atoms with Gasteiger partial charge in [0.25, 0.3) is 0 Å². The molecule has 1 N–H and O–H groups in total. The highest BCUT2D eigenvalue weighted by Crippen LogP contribution is 2.34. The van der Waals surface area contributed by atoms with Gasteiger partial charge in [-0.3, -0.25) is 14.9 Å². The SMILES string of the molecule is CCCC1(F)CCN(c2ccc(C3CCC(=O)NC3=O)cc2)CC1. The van der Waals surface area contributed by atoms with Gasteiger partial charge in [-0.15, -0.1) is 0 Å². The van der Waals surface area contributed by atoms with E-state index in [2.05, 4.69) is 10.2 Å². The smallest absolute Gasteiger partial charge is 0.234 e. The van der Waals surface area contributed by atoms with Crippen LogP contribution in [-0.2, 0) is 9.59 Å². The number of hydrogen-bond donors (Lipinski definition) is 1. The number of alkyl halides is 1. The fraction of sp³-hybridized carbons (Fsp3) is 0.579. The molecule has 2 aliphatic rings. The van der Waals surface area contributed by atoms with Crippen molar-refractivity contribution in [2.45, 2.75) is 57.0 Å². The maximum Gasteiger partial charge on any atom is 0.234 e. The minimum atomic E-state index is -1.00. The van der Waals surface area contributed by atoms with Gasteiger partial charge < -0.3 is 4.90 Å². The molecule has 2 aliphatic heterocycles. The molecule has 1 aromatic carbocycles. The molecule has 0 aromatic heterocycles. The highest BCUT2D eigenvalue weighted by atomic mass is 19.1. The van der Waals surface area contributed by atoms with Gasteiger partial charge in [-0.2, -0.15) is 0 Å². The molecule has 130 valence electrons. The van der Waals surface area contributed by atoms with E-state index < -0.39 is 5.67 Å². The second-order valence-corrected chi connectivity index (χ2v) is 6.98. The molecule has 3 rings (SSSR count). The van der Waals surface area contributed by atoms with Gasteiger partial charge in [0.1, 0.15) is 5.67 Å². The highest BCUT2D eigenvalue weighted by molar-refractivity contribution is 6.00. The molecule has 1 aromatic rings. The number of carbonyl (C=O) groups is 2. The minimum absolute atomic E-state index is 0.192. The quantitative estimate of drug-likeness (QED) is 0.861. The first-order valence-electron chi connectivity index (χ1n) is 8.88. The number of nitrogens with zero attached hydrogens (tertiary/aromatic N) is 1. The monoisotopic (exact) mass is 332 g/mol. The van der Waals surface area contributed by atoms with Crippen molar-refractivity contribution in [1.82, 2.24) is 5.32 Å². The van der Waals surface area contributed by atoms with Crippen molar-refractivity contribution in [3.8, 4) is 0 Å². The number of imide groups is 1. The lowest BCUT2D eigenvalue weighted by Gasteiger charge is -2.37. The first kappa shape index (κ1) is 16.9. The van der Waals surface area contributed by atoms with Crippen LogP contribution in [0.15, 0.2) is 24.3 Å². The third kappa shape index (κ3) is 3.60. The van der Waals surface area contributed by atoms with Crippen LogP contribution in [0.25, 0.3) is 0 Å². The number of halogens is 1. The Bertz CT molecular complexity index is 606. The van der Waals surface area contributed by atoms with E-state index in [4.69, 9.17) is 0 Å². The van der Waals surface area contributed by atoms with Gasteiger partial charge in [-0.25, -0.2) is 4.39 Å². The molecule has 0 aliphatic carbocycles. The van der Waals surface area contributed by atoms with Gasteiger partial charge in [-0.05, 0) is 43.4 Å². The number of rotatable bonds is 4. The Morgan fingerprint density at radius 3 is 2.46 bits per heavy atom. The number of hydrogen-bond acceptors (Lipinski definition) is 3. The molecular formula is C19H25FN2O2. The van der Waals surface area contributed by atoms with E-state index in [-0.39, 0.29) is 17.7 Å². The summed E-state index contributed by atoms with van der Waals surface area (Å²) >= 11 is 0. The molecule has 1 unspecified atom stereocenters. The first-order chi connectivity index (χ1) is 11.5. The summed E-state index contributed by atoms with van der Waals surface area (Å²) < 4.78 is 14.5. The second kappa shape index (κ2) is 6.91. The summed E-state index contributed by atoms with van der Waals surface area (Å²) in [6.45, 7) is 3.49. The number of nitrogens with one attached hydrogen (secondary N) is 1. The van der Waals surface area contributed by atoms with Crippen molar-refractivity contribution in [2.24, 2.45) is 0 Å². The molecule has 2 amide bonds. The van der Waals surface area contributed by atoms with Crippen LogP contribution in [-0.4, -0.2) is 30.6 Å². The van der Waals surface area contributed by atoms with E-state index in [0.717, 1.165) is 30.8 Å². The lowest BCUT2D eigenvalue weighted by molar-refractivity contribution is -0.134. The molecule has 2 heterocycles. The fourth-order valence-electron chi connectivity index (χ4n) is 3.79. The molecule has 0 bridgehead atoms. The summed E-state index contributed by atoms with van der Waals surface area (Å²) in [4.78, 5) is 25.4. The Balaban J connectivity index is 1.63. The summed E-state index contributed by atoms with van der Waals surface area (Å²) in [6, 6.07) is 7.92. The van der Waals surface area contributed by atoms with Crippen molar-refractivity contribution in [2.75, 3.05) is 18.0 Å². The molecule has 24 heavy (non-hydrogen) atoms. The summed E-state index contributed by atoms with van der Waals surface area (Å²) in [7, 11) is 0. The van der Waals surface area contributed by atoms with Crippen LogP contribution in [0.5, 0.6) is 0 Å². The Hall–Kier alpha value is -1.91. The maximum absolute atomic E-state index is 14.5. The average molecular weight is 332 g/mol. The normalized spacial score (nSPS) is 23.9. The van der Waals surface area contributed by atoms with Crippen LogP contribution in [0.4, 0.5) is 10.1 Å². The predicted octanol–water partition coefficient (Wildman–Crippen LogP) is 3.32. The Morgan fingerprint density at radius 2 is 1.88 bits per heavy atom. The van der Waals surface area contributed by atoms with E-state index in [1.807, 2.05) is 31.2 Å². The maximum atomic E-state index is 14.5. The van der Waals surface area contributed by atoms with Gasteiger partial charge in [0.05, 0.1) is 5.92 Å². The lowest BCUT2D eigenvalue weighted by atomic mass is 9.88. The van der Waals surface area contributed by atoms with E-state index in [9.17, 15) is 14.0 Å². The number of amides is 2. The zero-order chi connectivity index (χ0) is 17.2. The Labute approximate surface area is 142 Å². The molecule has 0 spiro atoms. The van der Waals surface area contributed by atoms with Crippen molar-refractivity contribution < 1.29 is 14.0 Å². The second-order valence-electron chi connectivity index (χ2n) is 6.98. The first-order valence-corrected chi connectivity index (χ1v) is 8.88. The number of benzene rings is 1. The fourth-order valence-corrected chi connectivity index (χ4v) is 3.79. The highest BCUT2D eigenvalue weighted by Gasteiger charge is 2.33. The third-order valence-corrected chi connectivity index (χ3v) is 5.26. The number of piperidine rings is 2. The van der Waals surface area contributed by atoms with E-state index in [1.165, 1.54) is 0 Å². The Kier molecular flexibility index (Phi) is 4.88. The topological polar surface area (TPSA) is 49.4 Å². The summed E-state index contributed by atoms with van der Waals surface area (Å²) in [5.74, 6) is -0.650.